The van der Waals surface area contributed by atoms with E-state index in [2.05, 4.69) is 4.90 Å². The van der Waals surface area contributed by atoms with Gasteiger partial charge in [-0.05, 0) is 73.7 Å². The van der Waals surface area contributed by atoms with Crippen molar-refractivity contribution in [3.8, 4) is 11.5 Å². The number of fused-ring (bicyclic) bond motifs is 4. The van der Waals surface area contributed by atoms with Crippen LogP contribution in [-0.4, -0.2) is 55.0 Å². The molecule has 4 aromatic rings. The van der Waals surface area contributed by atoms with Crippen molar-refractivity contribution in [1.82, 2.24) is 0 Å². The summed E-state index contributed by atoms with van der Waals surface area (Å²) in [5.41, 5.74) is 2.98. The third-order valence-corrected chi connectivity index (χ3v) is 12.3. The fourth-order valence-corrected chi connectivity index (χ4v) is 9.67. The molecule has 54 heavy (non-hydrogen) atoms. The molecular formula is C44H41N3O7. The number of morpholine rings is 1. The smallest absolute Gasteiger partial charge is 0.241 e. The Morgan fingerprint density at radius 2 is 1.43 bits per heavy atom. The van der Waals surface area contributed by atoms with Crippen molar-refractivity contribution in [2.45, 2.75) is 32.3 Å². The maximum Gasteiger partial charge on any atom is 0.241 e. The summed E-state index contributed by atoms with van der Waals surface area (Å²) in [6.45, 7) is 4.95. The first kappa shape index (κ1) is 34.1. The number of amides is 4. The van der Waals surface area contributed by atoms with Gasteiger partial charge in [-0.3, -0.25) is 24.1 Å². The second-order valence-electron chi connectivity index (χ2n) is 15.1. The van der Waals surface area contributed by atoms with Crippen molar-refractivity contribution < 1.29 is 33.8 Å². The first-order chi connectivity index (χ1) is 26.3. The van der Waals surface area contributed by atoms with E-state index < -0.39 is 35.0 Å². The molecule has 10 heteroatoms. The van der Waals surface area contributed by atoms with Crippen LogP contribution in [0.15, 0.2) is 115 Å². The number of ether oxygens (including phenoxy) is 2. The van der Waals surface area contributed by atoms with Gasteiger partial charge in [0, 0.05) is 36.3 Å². The summed E-state index contributed by atoms with van der Waals surface area (Å²) in [6.07, 6.45) is 2.54. The van der Waals surface area contributed by atoms with E-state index in [1.54, 1.807) is 42.5 Å². The van der Waals surface area contributed by atoms with Gasteiger partial charge in [0.2, 0.25) is 23.6 Å². The first-order valence-corrected chi connectivity index (χ1v) is 18.7. The van der Waals surface area contributed by atoms with Crippen LogP contribution < -0.4 is 19.4 Å². The number of para-hydroxylation sites is 1. The molecule has 3 saturated heterocycles. The predicted octanol–water partition coefficient (Wildman–Crippen LogP) is 6.24. The van der Waals surface area contributed by atoms with Crippen LogP contribution in [0.1, 0.15) is 36.8 Å². The maximum atomic E-state index is 14.7. The Morgan fingerprint density at radius 3 is 2.13 bits per heavy atom. The minimum atomic E-state index is -1.27. The van der Waals surface area contributed by atoms with E-state index in [4.69, 9.17) is 9.47 Å². The molecule has 1 N–H and O–H groups in total. The number of hydrogen-bond donors (Lipinski definition) is 1. The number of imide groups is 2. The molecule has 0 radical (unpaired) electrons. The molecule has 6 unspecified atom stereocenters. The van der Waals surface area contributed by atoms with E-state index in [-0.39, 0.29) is 35.8 Å². The van der Waals surface area contributed by atoms with E-state index in [1.165, 1.54) is 9.80 Å². The fourth-order valence-electron chi connectivity index (χ4n) is 9.67. The molecule has 6 atom stereocenters. The van der Waals surface area contributed by atoms with Crippen molar-refractivity contribution in [1.29, 1.82) is 0 Å². The van der Waals surface area contributed by atoms with Gasteiger partial charge in [-0.2, -0.15) is 0 Å². The van der Waals surface area contributed by atoms with Crippen molar-refractivity contribution in [2.75, 3.05) is 41.0 Å². The number of carbonyl (C=O) groups excluding carboxylic acids is 4. The lowest BCUT2D eigenvalue weighted by molar-refractivity contribution is -0.131. The predicted molar refractivity (Wildman–Crippen MR) is 202 cm³/mol. The Hall–Kier alpha value is -5.74. The Bertz CT molecular complexity index is 2170. The number of anilines is 3. The Morgan fingerprint density at radius 1 is 0.759 bits per heavy atom. The number of phenols is 1. The van der Waals surface area contributed by atoms with Gasteiger partial charge >= 0.3 is 0 Å². The number of aromatic hydroxyl groups is 1. The van der Waals surface area contributed by atoms with Crippen LogP contribution in [0.4, 0.5) is 17.1 Å². The summed E-state index contributed by atoms with van der Waals surface area (Å²) in [7, 11) is 0. The van der Waals surface area contributed by atoms with Gasteiger partial charge in [-0.25, -0.2) is 4.90 Å². The number of carbonyl (C=O) groups is 4. The SMILES string of the molecule is CC12C(=O)N(c3ccccc3)C(=O)C1CC1C(=CCC3C(=O)N(c4ccc(N5CCOCC5)cc4)C(=O)C31)C2c1ccc(OCc2ccccc2)cc1O. The van der Waals surface area contributed by atoms with E-state index in [0.29, 0.717) is 48.9 Å². The number of hydrogen-bond acceptors (Lipinski definition) is 8. The second-order valence-corrected chi connectivity index (χ2v) is 15.1. The Labute approximate surface area is 313 Å². The van der Waals surface area contributed by atoms with Gasteiger partial charge in [-0.1, -0.05) is 66.2 Å². The lowest BCUT2D eigenvalue weighted by atomic mass is 9.51. The van der Waals surface area contributed by atoms with Crippen molar-refractivity contribution in [3.05, 3.63) is 126 Å². The first-order valence-electron chi connectivity index (χ1n) is 18.7. The zero-order valence-electron chi connectivity index (χ0n) is 30.0. The molecular weight excluding hydrogens is 682 g/mol. The van der Waals surface area contributed by atoms with Crippen LogP contribution in [0, 0.1) is 29.1 Å². The number of benzene rings is 4. The minimum Gasteiger partial charge on any atom is -0.508 e. The van der Waals surface area contributed by atoms with E-state index in [0.717, 1.165) is 29.9 Å². The lowest BCUT2D eigenvalue weighted by Crippen LogP contribution is -2.48. The molecule has 5 aliphatic rings. The summed E-state index contributed by atoms with van der Waals surface area (Å²) in [4.78, 5) is 62.7. The molecule has 10 nitrogen and oxygen atoms in total. The molecule has 3 aliphatic heterocycles. The van der Waals surface area contributed by atoms with Crippen LogP contribution in [-0.2, 0) is 30.5 Å². The quantitative estimate of drug-likeness (QED) is 0.176. The molecule has 2 aliphatic carbocycles. The zero-order chi connectivity index (χ0) is 37.1. The van der Waals surface area contributed by atoms with Crippen molar-refractivity contribution >= 4 is 40.7 Å². The van der Waals surface area contributed by atoms with Crippen molar-refractivity contribution in [2.24, 2.45) is 29.1 Å². The van der Waals surface area contributed by atoms with Crippen LogP contribution in [0.2, 0.25) is 0 Å². The van der Waals surface area contributed by atoms with Gasteiger partial charge in [0.05, 0.1) is 47.8 Å². The normalized spacial score (nSPS) is 27.8. The molecule has 3 heterocycles. The molecule has 4 fully saturated rings. The summed E-state index contributed by atoms with van der Waals surface area (Å²) in [5.74, 6) is -4.20. The molecule has 0 spiro atoms. The highest BCUT2D eigenvalue weighted by atomic mass is 16.5. The molecule has 0 bridgehead atoms. The Kier molecular flexibility index (Phi) is 8.38. The monoisotopic (exact) mass is 723 g/mol. The highest BCUT2D eigenvalue weighted by Gasteiger charge is 2.68. The van der Waals surface area contributed by atoms with E-state index >= 15 is 0 Å². The lowest BCUT2D eigenvalue weighted by Gasteiger charge is -2.49. The van der Waals surface area contributed by atoms with Crippen LogP contribution in [0.5, 0.6) is 11.5 Å². The third-order valence-electron chi connectivity index (χ3n) is 12.3. The van der Waals surface area contributed by atoms with Gasteiger partial charge in [0.15, 0.2) is 0 Å². The molecule has 9 rings (SSSR count). The largest absolute Gasteiger partial charge is 0.508 e. The molecule has 4 amide bonds. The molecule has 0 aromatic heterocycles. The van der Waals surface area contributed by atoms with E-state index in [9.17, 15) is 24.3 Å². The highest BCUT2D eigenvalue weighted by Crippen LogP contribution is 2.64. The van der Waals surface area contributed by atoms with Crippen LogP contribution >= 0.6 is 0 Å². The standard InChI is InChI=1S/C44H41N3O7/c1-44-36(41(50)47(43(44)52)29-10-6-3-7-11-29)25-35-32(39(44)33-17-16-31(24-37(33)48)54-26-27-8-4-2-5-9-27)18-19-34-38(35)42(51)46(40(34)49)30-14-12-28(13-15-30)45-20-22-53-23-21-45/h2-18,24,34-36,38-39,48H,19-23,25-26H2,1H3. The zero-order valence-corrected chi connectivity index (χ0v) is 30.0. The minimum absolute atomic E-state index is 0.0663. The van der Waals surface area contributed by atoms with Crippen LogP contribution in [0.25, 0.3) is 0 Å². The molecule has 1 saturated carbocycles. The van der Waals surface area contributed by atoms with Gasteiger partial charge in [0.25, 0.3) is 0 Å². The highest BCUT2D eigenvalue weighted by molar-refractivity contribution is 6.25. The van der Waals surface area contributed by atoms with Crippen molar-refractivity contribution in [3.63, 3.8) is 0 Å². The van der Waals surface area contributed by atoms with Crippen LogP contribution in [0.3, 0.4) is 0 Å². The second kappa shape index (κ2) is 13.3. The summed E-state index contributed by atoms with van der Waals surface area (Å²) >= 11 is 0. The average Bonchev–Trinajstić information content (AvgIpc) is 3.57. The van der Waals surface area contributed by atoms with Gasteiger partial charge < -0.3 is 19.5 Å². The molecule has 274 valence electrons. The average molecular weight is 724 g/mol. The molecule has 4 aromatic carbocycles. The Balaban J connectivity index is 1.08. The van der Waals surface area contributed by atoms with Gasteiger partial charge in [0.1, 0.15) is 18.1 Å². The summed E-state index contributed by atoms with van der Waals surface area (Å²) in [6, 6.07) is 31.2. The third kappa shape index (κ3) is 5.34. The summed E-state index contributed by atoms with van der Waals surface area (Å²) in [5, 5.41) is 11.7. The number of nitrogens with zero attached hydrogens (tertiary/aromatic N) is 3. The number of allylic oxidation sites excluding steroid dienone is 2. The topological polar surface area (TPSA) is 117 Å². The van der Waals surface area contributed by atoms with E-state index in [1.807, 2.05) is 73.7 Å². The van der Waals surface area contributed by atoms with Gasteiger partial charge in [-0.15, -0.1) is 0 Å². The summed E-state index contributed by atoms with van der Waals surface area (Å²) < 4.78 is 11.5. The number of phenolic OH excluding ortho intramolecular Hbond substituents is 1. The maximum absolute atomic E-state index is 14.7. The fraction of sp³-hybridized carbons (Fsp3) is 0.318. The number of rotatable bonds is 7.